The summed E-state index contributed by atoms with van der Waals surface area (Å²) in [4.78, 5) is 18.5. The molecule has 1 saturated carbocycles. The number of carbonyl (C=O) groups is 1. The summed E-state index contributed by atoms with van der Waals surface area (Å²) in [6.07, 6.45) is 1.95. The minimum atomic E-state index is -0.945. The van der Waals surface area contributed by atoms with E-state index in [0.717, 1.165) is 52.1 Å². The average Bonchev–Trinajstić information content (AvgIpc) is 3.40. The van der Waals surface area contributed by atoms with Gasteiger partial charge in [-0.1, -0.05) is 11.9 Å². The van der Waals surface area contributed by atoms with E-state index < -0.39 is 18.3 Å². The van der Waals surface area contributed by atoms with Crippen molar-refractivity contribution in [3.8, 4) is 0 Å². The van der Waals surface area contributed by atoms with Crippen LogP contribution in [0.25, 0.3) is 0 Å². The van der Waals surface area contributed by atoms with E-state index >= 15 is 0 Å². The number of nitrogens with two attached hydrogens (primary N) is 2. The van der Waals surface area contributed by atoms with E-state index in [0.29, 0.717) is 23.0 Å². The summed E-state index contributed by atoms with van der Waals surface area (Å²) in [7, 11) is 2.16. The highest BCUT2D eigenvalue weighted by atomic mass is 32.2. The Morgan fingerprint density at radius 2 is 2.12 bits per heavy atom. The molecule has 1 spiro atoms. The van der Waals surface area contributed by atoms with E-state index in [2.05, 4.69) is 40.7 Å². The van der Waals surface area contributed by atoms with Gasteiger partial charge in [-0.05, 0) is 32.5 Å². The van der Waals surface area contributed by atoms with Crippen LogP contribution < -0.4 is 21.5 Å². The molecule has 6 N–H and O–H groups in total. The van der Waals surface area contributed by atoms with E-state index in [1.807, 2.05) is 6.08 Å². The molecule has 0 aromatic heterocycles. The molecular formula is C23H41FN7OS+. The van der Waals surface area contributed by atoms with E-state index in [4.69, 9.17) is 11.5 Å². The van der Waals surface area contributed by atoms with Crippen molar-refractivity contribution in [2.24, 2.45) is 23.3 Å². The van der Waals surface area contributed by atoms with Crippen LogP contribution in [0, 0.1) is 11.8 Å². The van der Waals surface area contributed by atoms with E-state index in [-0.39, 0.29) is 22.9 Å². The molecule has 0 aromatic rings. The molecule has 4 aliphatic heterocycles. The number of hydrogen-bond acceptors (Lipinski definition) is 7. The minimum Gasteiger partial charge on any atom is -0.342 e. The Morgan fingerprint density at radius 3 is 2.79 bits per heavy atom. The van der Waals surface area contributed by atoms with Crippen molar-refractivity contribution >= 4 is 17.9 Å². The molecule has 33 heavy (non-hydrogen) atoms. The number of alkyl halides is 1. The Kier molecular flexibility index (Phi) is 6.34. The highest BCUT2D eigenvalue weighted by Crippen LogP contribution is 2.67. The number of nitrogens with zero attached hydrogens (tertiary/aromatic N) is 3. The maximum atomic E-state index is 14.6. The SMILES string of the molecule is CC[N+]12CC(F)C=C3CC31CC2C(C(=O)NC1SNC(C)C1CN1CCN(C)CC1)C(N)N. The van der Waals surface area contributed by atoms with Crippen LogP contribution in [-0.4, -0.2) is 108 Å². The fourth-order valence-electron chi connectivity index (χ4n) is 7.21. The molecule has 4 heterocycles. The minimum absolute atomic E-state index is 0.0210. The van der Waals surface area contributed by atoms with Gasteiger partial charge in [0.1, 0.15) is 24.0 Å². The molecule has 0 radical (unpaired) electrons. The lowest BCUT2D eigenvalue weighted by atomic mass is 9.73. The normalized spacial score (nSPS) is 44.0. The molecule has 1 aliphatic carbocycles. The van der Waals surface area contributed by atoms with Gasteiger partial charge in [0.25, 0.3) is 0 Å². The van der Waals surface area contributed by atoms with Crippen molar-refractivity contribution in [2.45, 2.75) is 62.0 Å². The van der Waals surface area contributed by atoms with Crippen LogP contribution in [0.3, 0.4) is 0 Å². The van der Waals surface area contributed by atoms with Gasteiger partial charge in [0.05, 0.1) is 24.5 Å². The largest absolute Gasteiger partial charge is 0.342 e. The molecule has 5 rings (SSSR count). The first-order chi connectivity index (χ1) is 15.7. The van der Waals surface area contributed by atoms with Crippen LogP contribution in [0.5, 0.6) is 0 Å². The smallest absolute Gasteiger partial charge is 0.233 e. The molecule has 8 unspecified atom stereocenters. The van der Waals surface area contributed by atoms with Crippen molar-refractivity contribution in [1.82, 2.24) is 19.8 Å². The topological polar surface area (TPSA) is 99.7 Å². The van der Waals surface area contributed by atoms with Gasteiger partial charge in [-0.25, -0.2) is 4.39 Å². The zero-order valence-electron chi connectivity index (χ0n) is 20.2. The average molecular weight is 483 g/mol. The van der Waals surface area contributed by atoms with Gasteiger partial charge >= 0.3 is 0 Å². The number of likely N-dealkylation sites (N-methyl/N-ethyl adjacent to an activating group) is 2. The van der Waals surface area contributed by atoms with E-state index in [1.165, 1.54) is 5.57 Å². The molecule has 4 fully saturated rings. The molecule has 8 atom stereocenters. The Balaban J connectivity index is 1.28. The summed E-state index contributed by atoms with van der Waals surface area (Å²) < 4.78 is 18.7. The van der Waals surface area contributed by atoms with Gasteiger partial charge in [0.2, 0.25) is 5.91 Å². The van der Waals surface area contributed by atoms with Crippen molar-refractivity contribution in [1.29, 1.82) is 0 Å². The summed E-state index contributed by atoms with van der Waals surface area (Å²) in [5, 5.41) is 3.28. The highest BCUT2D eigenvalue weighted by molar-refractivity contribution is 7.98. The van der Waals surface area contributed by atoms with Crippen molar-refractivity contribution in [2.75, 3.05) is 52.9 Å². The van der Waals surface area contributed by atoms with Crippen molar-refractivity contribution < 1.29 is 13.7 Å². The first kappa shape index (κ1) is 24.0. The quantitative estimate of drug-likeness (QED) is 0.173. The Morgan fingerprint density at radius 1 is 1.39 bits per heavy atom. The Bertz CT molecular complexity index is 806. The summed E-state index contributed by atoms with van der Waals surface area (Å²) in [6.45, 7) is 10.8. The summed E-state index contributed by atoms with van der Waals surface area (Å²) >= 11 is 1.60. The third-order valence-corrected chi connectivity index (χ3v) is 10.6. The van der Waals surface area contributed by atoms with Crippen molar-refractivity contribution in [3.63, 3.8) is 0 Å². The number of amides is 1. The third kappa shape index (κ3) is 3.86. The van der Waals surface area contributed by atoms with Gasteiger partial charge < -0.3 is 31.1 Å². The highest BCUT2D eigenvalue weighted by Gasteiger charge is 2.79. The lowest BCUT2D eigenvalue weighted by molar-refractivity contribution is -1.03. The number of carbonyl (C=O) groups excluding carboxylic acids is 1. The summed E-state index contributed by atoms with van der Waals surface area (Å²) in [5.74, 6) is -0.273. The first-order valence-corrected chi connectivity index (χ1v) is 13.4. The molecular weight excluding hydrogens is 441 g/mol. The van der Waals surface area contributed by atoms with Crippen LogP contribution in [-0.2, 0) is 4.79 Å². The molecule has 10 heteroatoms. The predicted molar refractivity (Wildman–Crippen MR) is 130 cm³/mol. The van der Waals surface area contributed by atoms with Crippen molar-refractivity contribution in [3.05, 3.63) is 11.6 Å². The maximum Gasteiger partial charge on any atom is 0.233 e. The molecule has 8 nitrogen and oxygen atoms in total. The molecule has 0 aromatic carbocycles. The van der Waals surface area contributed by atoms with Crippen LogP contribution in [0.2, 0.25) is 0 Å². The number of hydrogen-bond donors (Lipinski definition) is 4. The second-order valence-electron chi connectivity index (χ2n) is 11.0. The predicted octanol–water partition coefficient (Wildman–Crippen LogP) is -0.178. The van der Waals surface area contributed by atoms with Gasteiger partial charge in [-0.2, -0.15) is 0 Å². The molecule has 186 valence electrons. The summed E-state index contributed by atoms with van der Waals surface area (Å²) in [6, 6.07) is 0.284. The first-order valence-electron chi connectivity index (χ1n) is 12.6. The van der Waals surface area contributed by atoms with Crippen LogP contribution in [0.1, 0.15) is 26.7 Å². The van der Waals surface area contributed by atoms with Crippen LogP contribution in [0.4, 0.5) is 4.39 Å². The molecule has 0 bridgehead atoms. The molecule has 5 aliphatic rings. The second-order valence-corrected chi connectivity index (χ2v) is 12.0. The summed E-state index contributed by atoms with van der Waals surface area (Å²) in [5.41, 5.74) is 13.8. The van der Waals surface area contributed by atoms with Crippen LogP contribution in [0.15, 0.2) is 11.6 Å². The fraction of sp³-hybridized carbons (Fsp3) is 0.870. The van der Waals surface area contributed by atoms with E-state index in [9.17, 15) is 9.18 Å². The lowest BCUT2D eigenvalue weighted by Gasteiger charge is -2.62. The second kappa shape index (κ2) is 8.72. The number of rotatable bonds is 7. The lowest BCUT2D eigenvalue weighted by Crippen LogP contribution is -2.80. The molecule has 1 amide bonds. The van der Waals surface area contributed by atoms with Crippen LogP contribution >= 0.6 is 11.9 Å². The Hall–Kier alpha value is -0.750. The molecule has 3 saturated heterocycles. The maximum absolute atomic E-state index is 14.6. The number of nitrogens with one attached hydrogen (secondary N) is 2. The number of quaternary nitrogens is 1. The zero-order chi connectivity index (χ0) is 23.5. The van der Waals surface area contributed by atoms with Gasteiger partial charge in [-0.3, -0.25) is 9.52 Å². The zero-order valence-corrected chi connectivity index (χ0v) is 21.0. The van der Waals surface area contributed by atoms with Gasteiger partial charge in [0.15, 0.2) is 6.17 Å². The standard InChI is InChI=1S/C23H40FN7OS/c1-4-31-13-16(24)9-15-10-23(15,31)11-18(31)19(20(25)26)21(32)27-22-17(14(2)28-33-22)12-30-7-5-29(3)6-8-30/h9,14,16-20,22,28H,4-8,10-13,25-26H2,1-3H3/p+1. The third-order valence-electron chi connectivity index (χ3n) is 9.33. The number of piperazine rings is 1. The van der Waals surface area contributed by atoms with E-state index in [1.54, 1.807) is 11.9 Å². The van der Waals surface area contributed by atoms with Gasteiger partial charge in [0, 0.05) is 51.1 Å². The number of halogens is 1. The van der Waals surface area contributed by atoms with Gasteiger partial charge in [-0.15, -0.1) is 0 Å². The fourth-order valence-corrected chi connectivity index (χ4v) is 8.42. The Labute approximate surface area is 201 Å². The monoisotopic (exact) mass is 482 g/mol.